The van der Waals surface area contributed by atoms with Crippen molar-refractivity contribution in [2.24, 2.45) is 22.7 Å². The first-order valence-electron chi connectivity index (χ1n) is 25.7. The highest BCUT2D eigenvalue weighted by molar-refractivity contribution is 5.95. The van der Waals surface area contributed by atoms with Crippen LogP contribution in [0.25, 0.3) is 0 Å². The molecule has 1 saturated heterocycles. The van der Waals surface area contributed by atoms with Crippen LogP contribution in [0.5, 0.6) is 0 Å². The van der Waals surface area contributed by atoms with Crippen LogP contribution in [0.4, 0.5) is 17.6 Å². The van der Waals surface area contributed by atoms with Crippen molar-refractivity contribution in [1.29, 1.82) is 5.41 Å². The SMILES string of the molecule is CC.CC(=O)OC(C)(C)C.CC1CCC(=O)NC1.CCC(C)=C(C)C(C)=N.CCCC.CCCC1(CC(C)CC)CC1.CCn1ncc(F)c1C(=O)NC(CCC(C)(C)C(F)(F)F)c1cnc(C)[nH]1. The maximum Gasteiger partial charge on any atom is 0.393 e. The number of rotatable bonds is 15. The van der Waals surface area contributed by atoms with Gasteiger partial charge in [0.2, 0.25) is 5.91 Å². The van der Waals surface area contributed by atoms with Gasteiger partial charge in [0.1, 0.15) is 11.4 Å². The number of aromatic amines is 1. The highest BCUT2D eigenvalue weighted by Crippen LogP contribution is 2.54. The average molecular weight is 986 g/mol. The Labute approximate surface area is 416 Å². The molecule has 3 unspecified atom stereocenters. The monoisotopic (exact) mass is 986 g/mol. The number of halogens is 4. The first-order valence-corrected chi connectivity index (χ1v) is 25.7. The van der Waals surface area contributed by atoms with Crippen LogP contribution in [0.3, 0.4) is 0 Å². The van der Waals surface area contributed by atoms with Crippen LogP contribution in [-0.2, 0) is 20.9 Å². The van der Waals surface area contributed by atoms with E-state index in [2.05, 4.69) is 81.1 Å². The first-order chi connectivity index (χ1) is 31.9. The quantitative estimate of drug-likeness (QED) is 0.0791. The van der Waals surface area contributed by atoms with Crippen LogP contribution < -0.4 is 10.6 Å². The van der Waals surface area contributed by atoms with E-state index in [1.165, 1.54) is 74.7 Å². The Morgan fingerprint density at radius 1 is 0.971 bits per heavy atom. The number of H-pyrrole nitrogens is 1. The number of ether oxygens (including phenoxy) is 1. The molecule has 0 aromatic carbocycles. The zero-order valence-electron chi connectivity index (χ0n) is 47.0. The lowest BCUT2D eigenvalue weighted by Crippen LogP contribution is -2.35. The molecule has 0 radical (unpaired) electrons. The Hall–Kier alpha value is -4.04. The van der Waals surface area contributed by atoms with E-state index in [4.69, 9.17) is 10.1 Å². The van der Waals surface area contributed by atoms with Crippen molar-refractivity contribution in [3.63, 3.8) is 0 Å². The number of esters is 1. The number of piperidine rings is 1. The van der Waals surface area contributed by atoms with Gasteiger partial charge in [-0.05, 0) is 130 Å². The van der Waals surface area contributed by atoms with Gasteiger partial charge in [-0.1, -0.05) is 107 Å². The van der Waals surface area contributed by atoms with Gasteiger partial charge in [0.05, 0.1) is 29.5 Å². The number of unbranched alkanes of at least 4 members (excludes halogenated alkanes) is 1. The molecule has 2 aromatic heterocycles. The van der Waals surface area contributed by atoms with Crippen LogP contribution in [-0.4, -0.2) is 61.6 Å². The molecule has 4 N–H and O–H groups in total. The Morgan fingerprint density at radius 3 is 1.86 bits per heavy atom. The standard InChI is InChI=1S/C17H23F4N5O.C11H22.C8H15N.C6H11NO.C6H12O2.C4H10.C2H6/c1-5-26-14(11(18)8-23-26)15(27)25-12(13-9-22-10(2)24-13)6-7-16(3,4)17(19,20)21;1-4-6-11(7-8-11)9-10(3)5-2;1-5-6(2)7(3)8(4)9;1-5-2-3-6(8)7-4-5;1-5(7)8-6(2,3)4;1-3-4-2;1-2/h8-9,12H,5-7H2,1-4H3,(H,22,24)(H,25,27);10H,4-9H2,1-3H3;9H,5H2,1-4H3;5H,2-4H2,1H3,(H,7,8);1-4H3;3-4H2,1-2H3;1-2H3. The summed E-state index contributed by atoms with van der Waals surface area (Å²) >= 11 is 0. The number of allylic oxidation sites excluding steroid dienone is 2. The van der Waals surface area contributed by atoms with Crippen molar-refractivity contribution in [3.05, 3.63) is 46.6 Å². The predicted octanol–water partition coefficient (Wildman–Crippen LogP) is 15.4. The largest absolute Gasteiger partial charge is 0.460 e. The smallest absolute Gasteiger partial charge is 0.393 e. The summed E-state index contributed by atoms with van der Waals surface area (Å²) in [7, 11) is 0. The fraction of sp³-hybridized carbons (Fsp3) is 0.778. The lowest BCUT2D eigenvalue weighted by molar-refractivity contribution is -0.214. The topological polar surface area (TPSA) is 155 Å². The molecule has 2 aliphatic rings. The first kappa shape index (κ1) is 69.2. The number of nitrogens with one attached hydrogen (secondary N) is 4. The van der Waals surface area contributed by atoms with Crippen molar-refractivity contribution in [1.82, 2.24) is 30.4 Å². The van der Waals surface area contributed by atoms with Crippen LogP contribution in [0.2, 0.25) is 0 Å². The zero-order chi connectivity index (χ0) is 54.3. The van der Waals surface area contributed by atoms with E-state index in [-0.39, 0.29) is 42.6 Å². The number of alkyl halides is 3. The van der Waals surface area contributed by atoms with Gasteiger partial charge in [-0.15, -0.1) is 0 Å². The van der Waals surface area contributed by atoms with Gasteiger partial charge in [-0.3, -0.25) is 19.1 Å². The number of hydrogen-bond donors (Lipinski definition) is 4. The van der Waals surface area contributed by atoms with Gasteiger partial charge < -0.3 is 25.8 Å². The van der Waals surface area contributed by atoms with E-state index in [1.54, 1.807) is 13.8 Å². The van der Waals surface area contributed by atoms with Crippen molar-refractivity contribution in [3.8, 4) is 0 Å². The summed E-state index contributed by atoms with van der Waals surface area (Å²) in [4.78, 5) is 40.2. The number of carbonyl (C=O) groups excluding carboxylic acids is 3. The molecular weight excluding hydrogens is 887 g/mol. The number of carbonyl (C=O) groups is 3. The molecule has 2 fully saturated rings. The normalized spacial score (nSPS) is 15.9. The molecule has 2 amide bonds. The maximum atomic E-state index is 13.9. The second-order valence-electron chi connectivity index (χ2n) is 20.0. The maximum absolute atomic E-state index is 13.9. The molecule has 0 bridgehead atoms. The number of aromatic nitrogens is 4. The molecule has 3 heterocycles. The Kier molecular flexibility index (Phi) is 35.2. The number of hydrogen-bond acceptors (Lipinski definition) is 7. The predicted molar refractivity (Wildman–Crippen MR) is 278 cm³/mol. The summed E-state index contributed by atoms with van der Waals surface area (Å²) in [6.07, 6.45) is 12.0. The van der Waals surface area contributed by atoms with Crippen LogP contribution in [0, 0.1) is 40.8 Å². The van der Waals surface area contributed by atoms with Crippen LogP contribution in [0.15, 0.2) is 23.5 Å². The molecule has 2 aromatic rings. The Morgan fingerprint density at radius 2 is 1.54 bits per heavy atom. The van der Waals surface area contributed by atoms with Crippen molar-refractivity contribution >= 4 is 23.5 Å². The van der Waals surface area contributed by atoms with Gasteiger partial charge in [0, 0.05) is 32.1 Å². The van der Waals surface area contributed by atoms with E-state index in [9.17, 15) is 31.9 Å². The average Bonchev–Trinajstić information content (AvgIpc) is 3.69. The summed E-state index contributed by atoms with van der Waals surface area (Å²) in [5.41, 5.74) is 1.92. The van der Waals surface area contributed by atoms with Crippen LogP contribution >= 0.6 is 0 Å². The molecule has 11 nitrogen and oxygen atoms in total. The summed E-state index contributed by atoms with van der Waals surface area (Å²) in [5, 5.41) is 16.4. The minimum absolute atomic E-state index is 0.00175. The molecule has 402 valence electrons. The molecule has 0 spiro atoms. The second-order valence-corrected chi connectivity index (χ2v) is 20.0. The fourth-order valence-electron chi connectivity index (χ4n) is 6.64. The fourth-order valence-corrected chi connectivity index (χ4v) is 6.64. The minimum atomic E-state index is -4.38. The molecule has 3 atom stereocenters. The van der Waals surface area contributed by atoms with E-state index in [0.717, 1.165) is 62.8 Å². The highest BCUT2D eigenvalue weighted by atomic mass is 19.4. The van der Waals surface area contributed by atoms with Crippen LogP contribution in [0.1, 0.15) is 243 Å². The van der Waals surface area contributed by atoms with Crippen molar-refractivity contribution in [2.45, 2.75) is 246 Å². The molecule has 15 heteroatoms. The number of amides is 2. The lowest BCUT2D eigenvalue weighted by Gasteiger charge is -2.29. The van der Waals surface area contributed by atoms with E-state index >= 15 is 0 Å². The van der Waals surface area contributed by atoms with Gasteiger partial charge in [0.15, 0.2) is 11.5 Å². The second kappa shape index (κ2) is 35.1. The van der Waals surface area contributed by atoms with E-state index in [0.29, 0.717) is 23.1 Å². The highest BCUT2D eigenvalue weighted by Gasteiger charge is 2.47. The van der Waals surface area contributed by atoms with Gasteiger partial charge in [0.25, 0.3) is 5.91 Å². The third-order valence-electron chi connectivity index (χ3n) is 11.9. The van der Waals surface area contributed by atoms with Gasteiger partial charge in [-0.2, -0.15) is 18.3 Å². The summed E-state index contributed by atoms with van der Waals surface area (Å²) in [6, 6.07) is -0.778. The Bertz CT molecular complexity index is 1760. The molecule has 1 saturated carbocycles. The van der Waals surface area contributed by atoms with Gasteiger partial charge >= 0.3 is 12.1 Å². The third kappa shape index (κ3) is 31.0. The van der Waals surface area contributed by atoms with Crippen molar-refractivity contribution < 1.29 is 36.7 Å². The molecule has 1 aliphatic carbocycles. The molecule has 69 heavy (non-hydrogen) atoms. The third-order valence-corrected chi connectivity index (χ3v) is 11.9. The number of nitrogens with zero attached hydrogens (tertiary/aromatic N) is 3. The molecular formula is C54H99F4N7O4. The van der Waals surface area contributed by atoms with Crippen molar-refractivity contribution in [2.75, 3.05) is 6.54 Å². The summed E-state index contributed by atoms with van der Waals surface area (Å²) in [5.74, 6) is 0.667. The number of aryl methyl sites for hydroxylation is 2. The zero-order valence-corrected chi connectivity index (χ0v) is 47.0. The number of imidazole rings is 1. The molecule has 4 rings (SSSR count). The lowest BCUT2D eigenvalue weighted by atomic mass is 9.85. The minimum Gasteiger partial charge on any atom is -0.460 e. The molecule has 1 aliphatic heterocycles. The van der Waals surface area contributed by atoms with E-state index < -0.39 is 29.4 Å². The Balaban J connectivity index is -0.000000856. The van der Waals surface area contributed by atoms with Gasteiger partial charge in [-0.25, -0.2) is 9.37 Å². The summed E-state index contributed by atoms with van der Waals surface area (Å²) < 4.78 is 59.4. The summed E-state index contributed by atoms with van der Waals surface area (Å²) in [6.45, 7) is 39.2. The van der Waals surface area contributed by atoms with E-state index in [1.807, 2.05) is 48.5 Å².